The molecule has 0 radical (unpaired) electrons. The summed E-state index contributed by atoms with van der Waals surface area (Å²) in [5, 5.41) is 0. The largest absolute Gasteiger partial charge is 0.489 e. The normalized spacial score (nSPS) is 10.3. The third kappa shape index (κ3) is 3.73. The topological polar surface area (TPSA) is 38.5 Å². The van der Waals surface area contributed by atoms with Crippen LogP contribution in [0.5, 0.6) is 5.75 Å². The molecule has 0 saturated heterocycles. The molecule has 0 spiro atoms. The fraction of sp³-hybridized carbons (Fsp3) is 0.250. The molecule has 3 nitrogen and oxygen atoms in total. The Bertz CT molecular complexity index is 538. The van der Waals surface area contributed by atoms with Crippen LogP contribution >= 0.6 is 0 Å². The van der Waals surface area contributed by atoms with Gasteiger partial charge in [0.1, 0.15) is 12.4 Å². The molecule has 19 heavy (non-hydrogen) atoms. The van der Waals surface area contributed by atoms with Gasteiger partial charge in [0.2, 0.25) is 0 Å². The molecule has 0 bridgehead atoms. The highest BCUT2D eigenvalue weighted by Crippen LogP contribution is 2.17. The fourth-order valence-corrected chi connectivity index (χ4v) is 1.85. The highest BCUT2D eigenvalue weighted by molar-refractivity contribution is 5.47. The predicted octanol–water partition coefficient (Wildman–Crippen LogP) is 2.79. The maximum Gasteiger partial charge on any atom is 0.120 e. The van der Waals surface area contributed by atoms with E-state index in [1.807, 2.05) is 44.4 Å². The second kappa shape index (κ2) is 6.25. The van der Waals surface area contributed by atoms with Gasteiger partial charge in [-0.05, 0) is 35.4 Å². The Hall–Kier alpha value is -2.00. The zero-order chi connectivity index (χ0) is 13.7. The molecule has 0 aliphatic heterocycles. The number of benzene rings is 2. The van der Waals surface area contributed by atoms with Crippen LogP contribution < -0.4 is 15.4 Å². The first kappa shape index (κ1) is 13.4. The molecule has 0 amide bonds. The van der Waals surface area contributed by atoms with Crippen molar-refractivity contribution < 1.29 is 4.74 Å². The number of nitrogens with two attached hydrogens (primary N) is 1. The second-order valence-electron chi connectivity index (χ2n) is 4.70. The van der Waals surface area contributed by atoms with Gasteiger partial charge in [0, 0.05) is 26.3 Å². The van der Waals surface area contributed by atoms with E-state index in [0.717, 1.165) is 16.9 Å². The second-order valence-corrected chi connectivity index (χ2v) is 4.70. The molecule has 0 heterocycles. The molecule has 0 saturated carbocycles. The van der Waals surface area contributed by atoms with Crippen molar-refractivity contribution in [1.29, 1.82) is 0 Å². The standard InChI is InChI=1S/C16H20N2O/c1-18(2)15-7-3-6-14(9-15)12-19-16-8-4-5-13(10-16)11-17/h3-10H,11-12,17H2,1-2H3. The number of hydrogen-bond donors (Lipinski definition) is 1. The molecule has 2 rings (SSSR count). The zero-order valence-corrected chi connectivity index (χ0v) is 11.5. The summed E-state index contributed by atoms with van der Waals surface area (Å²) in [5.74, 6) is 0.859. The number of ether oxygens (including phenoxy) is 1. The Morgan fingerprint density at radius 3 is 2.47 bits per heavy atom. The van der Waals surface area contributed by atoms with Crippen LogP contribution in [0.3, 0.4) is 0 Å². The molecule has 2 N–H and O–H groups in total. The van der Waals surface area contributed by atoms with E-state index in [0.29, 0.717) is 13.2 Å². The molecule has 0 fully saturated rings. The highest BCUT2D eigenvalue weighted by Gasteiger charge is 2.00. The van der Waals surface area contributed by atoms with E-state index in [2.05, 4.69) is 23.1 Å². The SMILES string of the molecule is CN(C)c1cccc(COc2cccc(CN)c2)c1. The summed E-state index contributed by atoms with van der Waals surface area (Å²) in [4.78, 5) is 2.08. The lowest BCUT2D eigenvalue weighted by Gasteiger charge is -2.14. The Kier molecular flexibility index (Phi) is 4.42. The van der Waals surface area contributed by atoms with Crippen LogP contribution in [-0.4, -0.2) is 14.1 Å². The minimum atomic E-state index is 0.535. The van der Waals surface area contributed by atoms with E-state index in [9.17, 15) is 0 Å². The van der Waals surface area contributed by atoms with Crippen LogP contribution in [0.4, 0.5) is 5.69 Å². The van der Waals surface area contributed by atoms with Crippen molar-refractivity contribution >= 4 is 5.69 Å². The van der Waals surface area contributed by atoms with Gasteiger partial charge in [0.25, 0.3) is 0 Å². The zero-order valence-electron chi connectivity index (χ0n) is 11.5. The van der Waals surface area contributed by atoms with Gasteiger partial charge in [-0.15, -0.1) is 0 Å². The number of rotatable bonds is 5. The van der Waals surface area contributed by atoms with E-state index in [-0.39, 0.29) is 0 Å². The average Bonchev–Trinajstić information content (AvgIpc) is 2.45. The Morgan fingerprint density at radius 1 is 1.00 bits per heavy atom. The van der Waals surface area contributed by atoms with Crippen molar-refractivity contribution in [3.63, 3.8) is 0 Å². The smallest absolute Gasteiger partial charge is 0.120 e. The molecule has 0 unspecified atom stereocenters. The van der Waals surface area contributed by atoms with Crippen molar-refractivity contribution in [2.24, 2.45) is 5.73 Å². The third-order valence-corrected chi connectivity index (χ3v) is 2.97. The lowest BCUT2D eigenvalue weighted by atomic mass is 10.2. The Labute approximate surface area is 114 Å². The molecule has 3 heteroatoms. The molecule has 2 aromatic rings. The van der Waals surface area contributed by atoms with Crippen LogP contribution in [0.15, 0.2) is 48.5 Å². The number of nitrogens with zero attached hydrogens (tertiary/aromatic N) is 1. The maximum absolute atomic E-state index is 5.80. The van der Waals surface area contributed by atoms with Gasteiger partial charge >= 0.3 is 0 Å². The van der Waals surface area contributed by atoms with Crippen molar-refractivity contribution in [2.75, 3.05) is 19.0 Å². The summed E-state index contributed by atoms with van der Waals surface area (Å²) in [6, 6.07) is 16.2. The lowest BCUT2D eigenvalue weighted by Crippen LogP contribution is -2.09. The fourth-order valence-electron chi connectivity index (χ4n) is 1.85. The van der Waals surface area contributed by atoms with Crippen molar-refractivity contribution in [3.8, 4) is 5.75 Å². The van der Waals surface area contributed by atoms with Crippen LogP contribution in [0.1, 0.15) is 11.1 Å². The Morgan fingerprint density at radius 2 is 1.74 bits per heavy atom. The van der Waals surface area contributed by atoms with E-state index in [1.165, 1.54) is 5.69 Å². The molecular formula is C16H20N2O. The van der Waals surface area contributed by atoms with Crippen molar-refractivity contribution in [1.82, 2.24) is 0 Å². The quantitative estimate of drug-likeness (QED) is 0.894. The van der Waals surface area contributed by atoms with Crippen LogP contribution in [-0.2, 0) is 13.2 Å². The minimum Gasteiger partial charge on any atom is -0.489 e. The number of hydrogen-bond acceptors (Lipinski definition) is 3. The van der Waals surface area contributed by atoms with Gasteiger partial charge in [-0.1, -0.05) is 24.3 Å². The molecule has 0 atom stereocenters. The first-order valence-electron chi connectivity index (χ1n) is 6.37. The monoisotopic (exact) mass is 256 g/mol. The van der Waals surface area contributed by atoms with Gasteiger partial charge in [-0.3, -0.25) is 0 Å². The first-order valence-corrected chi connectivity index (χ1v) is 6.37. The Balaban J connectivity index is 2.03. The van der Waals surface area contributed by atoms with Gasteiger partial charge < -0.3 is 15.4 Å². The van der Waals surface area contributed by atoms with Gasteiger partial charge in [0.15, 0.2) is 0 Å². The van der Waals surface area contributed by atoms with Crippen molar-refractivity contribution in [3.05, 3.63) is 59.7 Å². The average molecular weight is 256 g/mol. The van der Waals surface area contributed by atoms with Crippen LogP contribution in [0.25, 0.3) is 0 Å². The molecule has 100 valence electrons. The maximum atomic E-state index is 5.80. The van der Waals surface area contributed by atoms with Crippen LogP contribution in [0, 0.1) is 0 Å². The van der Waals surface area contributed by atoms with Gasteiger partial charge in [-0.2, -0.15) is 0 Å². The summed E-state index contributed by atoms with van der Waals surface area (Å²) in [6.07, 6.45) is 0. The molecule has 0 aliphatic carbocycles. The molecule has 2 aromatic carbocycles. The molecule has 0 aromatic heterocycles. The summed E-state index contributed by atoms with van der Waals surface area (Å²) in [6.45, 7) is 1.10. The first-order chi connectivity index (χ1) is 9.19. The number of anilines is 1. The lowest BCUT2D eigenvalue weighted by molar-refractivity contribution is 0.306. The highest BCUT2D eigenvalue weighted by atomic mass is 16.5. The van der Waals surface area contributed by atoms with Gasteiger partial charge in [0.05, 0.1) is 0 Å². The summed E-state index contributed by atoms with van der Waals surface area (Å²) >= 11 is 0. The van der Waals surface area contributed by atoms with Crippen LogP contribution in [0.2, 0.25) is 0 Å². The third-order valence-electron chi connectivity index (χ3n) is 2.97. The van der Waals surface area contributed by atoms with Gasteiger partial charge in [-0.25, -0.2) is 0 Å². The van der Waals surface area contributed by atoms with E-state index in [1.54, 1.807) is 0 Å². The summed E-state index contributed by atoms with van der Waals surface area (Å²) < 4.78 is 5.80. The minimum absolute atomic E-state index is 0.535. The predicted molar refractivity (Wildman–Crippen MR) is 79.4 cm³/mol. The van der Waals surface area contributed by atoms with E-state index >= 15 is 0 Å². The summed E-state index contributed by atoms with van der Waals surface area (Å²) in [7, 11) is 4.06. The van der Waals surface area contributed by atoms with E-state index in [4.69, 9.17) is 10.5 Å². The van der Waals surface area contributed by atoms with Crippen molar-refractivity contribution in [2.45, 2.75) is 13.2 Å². The molecule has 0 aliphatic rings. The van der Waals surface area contributed by atoms with E-state index < -0.39 is 0 Å². The summed E-state index contributed by atoms with van der Waals surface area (Å²) in [5.41, 5.74) is 9.04. The molecular weight excluding hydrogens is 236 g/mol.